The predicted molar refractivity (Wildman–Crippen MR) is 223 cm³/mol. The fourth-order valence-corrected chi connectivity index (χ4v) is 9.07. The van der Waals surface area contributed by atoms with Gasteiger partial charge in [0, 0.05) is 29.4 Å². The van der Waals surface area contributed by atoms with Crippen LogP contribution in [0.15, 0.2) is 79.0 Å². The van der Waals surface area contributed by atoms with Crippen molar-refractivity contribution in [2.24, 2.45) is 5.92 Å². The number of carbonyl (C=O) groups is 4. The van der Waals surface area contributed by atoms with Crippen LogP contribution in [0.3, 0.4) is 0 Å². The molecule has 3 aliphatic heterocycles. The van der Waals surface area contributed by atoms with E-state index in [9.17, 15) is 24.3 Å². The molecule has 308 valence electrons. The lowest BCUT2D eigenvalue weighted by atomic mass is 9.92. The third-order valence-corrected chi connectivity index (χ3v) is 12.0. The number of aromatic amines is 2. The second-order valence-corrected chi connectivity index (χ2v) is 16.0. The lowest BCUT2D eigenvalue weighted by Crippen LogP contribution is -2.50. The van der Waals surface area contributed by atoms with Crippen LogP contribution in [0.25, 0.3) is 44.2 Å². The van der Waals surface area contributed by atoms with Gasteiger partial charge in [-0.3, -0.25) is 9.59 Å². The van der Waals surface area contributed by atoms with Crippen molar-refractivity contribution in [3.8, 4) is 28.1 Å². The van der Waals surface area contributed by atoms with Crippen molar-refractivity contribution in [1.29, 1.82) is 0 Å². The smallest absolute Gasteiger partial charge is 0.407 e. The largest absolute Gasteiger partial charge is 0.488 e. The summed E-state index contributed by atoms with van der Waals surface area (Å²) < 4.78 is 11.4. The van der Waals surface area contributed by atoms with Gasteiger partial charge in [-0.15, -0.1) is 0 Å². The van der Waals surface area contributed by atoms with Gasteiger partial charge in [-0.05, 0) is 78.1 Å². The number of hydrogen-bond acceptors (Lipinski definition) is 8. The Bertz CT molecular complexity index is 2640. The molecular weight excluding hydrogens is 765 g/mol. The zero-order valence-electron chi connectivity index (χ0n) is 33.5. The topological polar surface area (TPSA) is 195 Å². The van der Waals surface area contributed by atoms with Crippen LogP contribution in [0.1, 0.15) is 80.4 Å². The quantitative estimate of drug-likeness (QED) is 0.0990. The van der Waals surface area contributed by atoms with Gasteiger partial charge in [-0.2, -0.15) is 0 Å². The van der Waals surface area contributed by atoms with Gasteiger partial charge in [0.15, 0.2) is 0 Å². The van der Waals surface area contributed by atoms with Crippen LogP contribution < -0.4 is 15.4 Å². The van der Waals surface area contributed by atoms with E-state index >= 15 is 0 Å². The Labute approximate surface area is 345 Å². The summed E-state index contributed by atoms with van der Waals surface area (Å²) >= 11 is 0. The predicted octanol–water partition coefficient (Wildman–Crippen LogP) is 7.38. The molecule has 2 aromatic heterocycles. The number of carbonyl (C=O) groups excluding carboxylic acids is 3. The molecule has 0 spiro atoms. The van der Waals surface area contributed by atoms with Crippen molar-refractivity contribution in [2.75, 3.05) is 20.2 Å². The summed E-state index contributed by atoms with van der Waals surface area (Å²) in [6, 6.07) is 21.3. The van der Waals surface area contributed by atoms with E-state index in [-0.39, 0.29) is 29.8 Å². The van der Waals surface area contributed by atoms with E-state index in [0.717, 1.165) is 81.2 Å². The molecule has 15 nitrogen and oxygen atoms in total. The highest BCUT2D eigenvalue weighted by Gasteiger charge is 2.39. The summed E-state index contributed by atoms with van der Waals surface area (Å²) in [5, 5.41) is 16.3. The number of imidazole rings is 2. The van der Waals surface area contributed by atoms with E-state index in [0.29, 0.717) is 36.9 Å². The van der Waals surface area contributed by atoms with Crippen LogP contribution >= 0.6 is 0 Å². The highest BCUT2D eigenvalue weighted by Crippen LogP contribution is 2.45. The standard InChI is InChI=1S/C45H46N8O7/c1-24(2)36(50-44(56)57)42(54)52-19-7-11-34(52)40-46-22-33(48-40)26-13-14-28-27(21-26)23-60-39-30(28)16-15-29-31(39)17-18-32-38(29)49-41(47-32)35-12-8-20-53(35)43(55)37(51-45(58)59-3)25-9-5-4-6-10-25/h4-6,9-10,13-18,21-22,24,34-37,50H,7-8,11-12,19-20,23H2,1-3H3,(H,46,48)(H,47,49)(H,51,58)(H,56,57)/t34-,35+,36+,37-/m1/s1. The number of aromatic nitrogens is 4. The lowest BCUT2D eigenvalue weighted by molar-refractivity contribution is -0.135. The average Bonchev–Trinajstić information content (AvgIpc) is 4.10. The summed E-state index contributed by atoms with van der Waals surface area (Å²) in [6.45, 7) is 5.09. The van der Waals surface area contributed by atoms with Crippen LogP contribution in [0.2, 0.25) is 0 Å². The maximum Gasteiger partial charge on any atom is 0.407 e. The molecule has 15 heteroatoms. The minimum absolute atomic E-state index is 0.201. The van der Waals surface area contributed by atoms with Crippen molar-refractivity contribution in [2.45, 2.75) is 70.3 Å². The highest BCUT2D eigenvalue weighted by atomic mass is 16.5. The van der Waals surface area contributed by atoms with E-state index in [2.05, 4.69) is 55.9 Å². The van der Waals surface area contributed by atoms with E-state index < -0.39 is 24.3 Å². The molecule has 2 saturated heterocycles. The van der Waals surface area contributed by atoms with Crippen LogP contribution in [0.4, 0.5) is 9.59 Å². The molecule has 4 amide bonds. The number of nitrogens with one attached hydrogen (secondary N) is 4. The number of benzene rings is 4. The van der Waals surface area contributed by atoms with Gasteiger partial charge < -0.3 is 45.0 Å². The zero-order chi connectivity index (χ0) is 41.7. The van der Waals surface area contributed by atoms with Crippen LogP contribution in [-0.4, -0.2) is 85.1 Å². The van der Waals surface area contributed by atoms with Gasteiger partial charge in [0.25, 0.3) is 5.91 Å². The number of rotatable bonds is 9. The molecule has 0 radical (unpaired) electrons. The molecular formula is C45H46N8O7. The summed E-state index contributed by atoms with van der Waals surface area (Å²) in [6.07, 6.45) is 2.94. The summed E-state index contributed by atoms with van der Waals surface area (Å²) in [7, 11) is 1.28. The molecule has 0 bridgehead atoms. The monoisotopic (exact) mass is 810 g/mol. The average molecular weight is 811 g/mol. The summed E-state index contributed by atoms with van der Waals surface area (Å²) in [4.78, 5) is 71.6. The maximum absolute atomic E-state index is 14.1. The molecule has 5 heterocycles. The number of hydrogen-bond donors (Lipinski definition) is 5. The van der Waals surface area contributed by atoms with Gasteiger partial charge >= 0.3 is 12.2 Å². The molecule has 9 rings (SSSR count). The minimum atomic E-state index is -1.22. The van der Waals surface area contributed by atoms with Crippen molar-refractivity contribution in [1.82, 2.24) is 40.4 Å². The summed E-state index contributed by atoms with van der Waals surface area (Å²) in [5.74, 6) is 1.47. The highest BCUT2D eigenvalue weighted by molar-refractivity contribution is 6.09. The number of ether oxygens (including phenoxy) is 2. The summed E-state index contributed by atoms with van der Waals surface area (Å²) in [5.41, 5.74) is 7.13. The molecule has 3 aliphatic rings. The molecule has 4 atom stereocenters. The first-order valence-corrected chi connectivity index (χ1v) is 20.4. The molecule has 2 fully saturated rings. The van der Waals surface area contributed by atoms with Gasteiger partial charge in [0.05, 0.1) is 42.1 Å². The fraction of sp³-hybridized carbons (Fsp3) is 0.333. The molecule has 6 aromatic rings. The SMILES string of the molecule is COC(=O)N[C@@H](C(=O)N1CCC[C@H]1c1nc2c(ccc3c4c(ccc32)-c2ccc(-c3cnc([C@H]5CCCN5C(=O)[C@@H](NC(=O)O)C(C)C)[nH]3)cc2CO4)[nH]1)c1ccccc1. The number of fused-ring (bicyclic) bond motifs is 7. The Hall–Kier alpha value is -6.90. The van der Waals surface area contributed by atoms with E-state index in [1.807, 2.05) is 56.3 Å². The van der Waals surface area contributed by atoms with E-state index in [1.165, 1.54) is 7.11 Å². The Morgan fingerprint density at radius 1 is 0.850 bits per heavy atom. The fourth-order valence-electron chi connectivity index (χ4n) is 9.07. The molecule has 5 N–H and O–H groups in total. The van der Waals surface area contributed by atoms with Crippen LogP contribution in [0, 0.1) is 5.92 Å². The molecule has 0 aliphatic carbocycles. The Kier molecular flexibility index (Phi) is 10.1. The Morgan fingerprint density at radius 3 is 2.30 bits per heavy atom. The van der Waals surface area contributed by atoms with Crippen LogP contribution in [0.5, 0.6) is 5.75 Å². The number of nitrogens with zero attached hydrogens (tertiary/aromatic N) is 4. The Morgan fingerprint density at radius 2 is 1.57 bits per heavy atom. The minimum Gasteiger partial charge on any atom is -0.488 e. The van der Waals surface area contributed by atoms with Gasteiger partial charge in [-0.1, -0.05) is 62.4 Å². The normalized spacial score (nSPS) is 18.2. The molecule has 0 saturated carbocycles. The third kappa shape index (κ3) is 6.92. The number of likely N-dealkylation sites (tertiary alicyclic amines) is 2. The Balaban J connectivity index is 0.965. The van der Waals surface area contributed by atoms with E-state index in [4.69, 9.17) is 14.5 Å². The third-order valence-electron chi connectivity index (χ3n) is 12.0. The van der Waals surface area contributed by atoms with Gasteiger partial charge in [0.2, 0.25) is 5.91 Å². The van der Waals surface area contributed by atoms with Crippen molar-refractivity contribution >= 4 is 45.8 Å². The second-order valence-electron chi connectivity index (χ2n) is 16.0. The number of carboxylic acid groups (broad SMARTS) is 1. The van der Waals surface area contributed by atoms with Gasteiger partial charge in [0.1, 0.15) is 36.1 Å². The van der Waals surface area contributed by atoms with Crippen molar-refractivity contribution in [3.05, 3.63) is 102 Å². The first-order chi connectivity index (χ1) is 29.1. The molecule has 60 heavy (non-hydrogen) atoms. The van der Waals surface area contributed by atoms with Crippen molar-refractivity contribution < 1.29 is 33.8 Å². The first-order valence-electron chi connectivity index (χ1n) is 20.4. The number of alkyl carbamates (subject to hydrolysis) is 1. The molecule has 0 unspecified atom stereocenters. The number of H-pyrrole nitrogens is 2. The number of amides is 4. The lowest BCUT2D eigenvalue weighted by Gasteiger charge is -2.29. The number of methoxy groups -OCH3 is 1. The van der Waals surface area contributed by atoms with Crippen LogP contribution in [-0.2, 0) is 20.9 Å². The zero-order valence-corrected chi connectivity index (χ0v) is 33.5. The maximum atomic E-state index is 14.1. The van der Waals surface area contributed by atoms with E-state index in [1.54, 1.807) is 16.0 Å². The molecule has 4 aromatic carbocycles. The first kappa shape index (κ1) is 38.6. The van der Waals surface area contributed by atoms with Gasteiger partial charge in [-0.25, -0.2) is 19.6 Å². The van der Waals surface area contributed by atoms with Crippen molar-refractivity contribution in [3.63, 3.8) is 0 Å². The second kappa shape index (κ2) is 15.7.